The van der Waals surface area contributed by atoms with Gasteiger partial charge in [0.05, 0.1) is 17.1 Å². The first-order valence-corrected chi connectivity index (χ1v) is 7.14. The van der Waals surface area contributed by atoms with Gasteiger partial charge in [0.2, 0.25) is 0 Å². The summed E-state index contributed by atoms with van der Waals surface area (Å²) in [6.07, 6.45) is 1.24. The van der Waals surface area contributed by atoms with Gasteiger partial charge in [0, 0.05) is 26.9 Å². The van der Waals surface area contributed by atoms with Crippen molar-refractivity contribution in [1.82, 2.24) is 0 Å². The predicted octanol–water partition coefficient (Wildman–Crippen LogP) is 1.21. The Hall–Kier alpha value is -1.23. The fraction of sp³-hybridized carbons (Fsp3) is 0.455. The van der Waals surface area contributed by atoms with Gasteiger partial charge in [-0.1, -0.05) is 12.1 Å². The maximum absolute atomic E-state index is 11.0. The third kappa shape index (κ3) is 4.10. The van der Waals surface area contributed by atoms with E-state index < -0.39 is 9.84 Å². The molecule has 0 spiro atoms. The Labute approximate surface area is 97.2 Å². The molecule has 0 fully saturated rings. The van der Waals surface area contributed by atoms with Crippen LogP contribution in [0, 0.1) is 0 Å². The lowest BCUT2D eigenvalue weighted by atomic mass is 10.2. The second kappa shape index (κ2) is 5.21. The molecule has 0 saturated carbocycles. The first-order valence-electron chi connectivity index (χ1n) is 5.08. The molecule has 1 rings (SSSR count). The highest BCUT2D eigenvalue weighted by Gasteiger charge is 2.05. The summed E-state index contributed by atoms with van der Waals surface area (Å²) in [6, 6.07) is 7.81. The molecule has 4 nitrogen and oxygen atoms in total. The van der Waals surface area contributed by atoms with Gasteiger partial charge in [0.15, 0.2) is 0 Å². The van der Waals surface area contributed by atoms with Crippen molar-refractivity contribution < 1.29 is 8.42 Å². The van der Waals surface area contributed by atoms with E-state index in [-0.39, 0.29) is 5.75 Å². The van der Waals surface area contributed by atoms with Crippen LogP contribution in [-0.2, 0) is 9.84 Å². The van der Waals surface area contributed by atoms with Crippen molar-refractivity contribution in [1.29, 1.82) is 0 Å². The summed E-state index contributed by atoms with van der Waals surface area (Å²) >= 11 is 0. The molecule has 0 unspecified atom stereocenters. The van der Waals surface area contributed by atoms with Crippen LogP contribution in [0.5, 0.6) is 0 Å². The van der Waals surface area contributed by atoms with E-state index >= 15 is 0 Å². The van der Waals surface area contributed by atoms with E-state index in [1.807, 2.05) is 43.3 Å². The number of nitrogens with zero attached hydrogens (tertiary/aromatic N) is 1. The van der Waals surface area contributed by atoms with Gasteiger partial charge >= 0.3 is 0 Å². The zero-order chi connectivity index (χ0) is 12.2. The van der Waals surface area contributed by atoms with Crippen LogP contribution in [-0.4, -0.2) is 41.1 Å². The highest BCUT2D eigenvalue weighted by atomic mass is 32.2. The van der Waals surface area contributed by atoms with Gasteiger partial charge in [0.1, 0.15) is 9.84 Å². The number of benzene rings is 1. The lowest BCUT2D eigenvalue weighted by Crippen LogP contribution is -2.17. The standard InChI is InChI=1S/C11H18N2O2S/c1-13(2)11-7-5-4-6-10(11)12-8-9-16(3,14)15/h4-7,12H,8-9H2,1-3H3. The number of rotatable bonds is 5. The Morgan fingerprint density at radius 2 is 1.88 bits per heavy atom. The average Bonchev–Trinajstić information content (AvgIpc) is 2.16. The summed E-state index contributed by atoms with van der Waals surface area (Å²) < 4.78 is 22.0. The van der Waals surface area contributed by atoms with Crippen molar-refractivity contribution in [3.8, 4) is 0 Å². The van der Waals surface area contributed by atoms with Crippen LogP contribution in [0.4, 0.5) is 11.4 Å². The minimum Gasteiger partial charge on any atom is -0.382 e. The van der Waals surface area contributed by atoms with Crippen LogP contribution >= 0.6 is 0 Å². The predicted molar refractivity (Wildman–Crippen MR) is 69.0 cm³/mol. The zero-order valence-corrected chi connectivity index (χ0v) is 10.7. The minimum absolute atomic E-state index is 0.148. The largest absolute Gasteiger partial charge is 0.382 e. The van der Waals surface area contributed by atoms with Crippen LogP contribution in [0.25, 0.3) is 0 Å². The van der Waals surface area contributed by atoms with Gasteiger partial charge in [-0.15, -0.1) is 0 Å². The Morgan fingerprint density at radius 3 is 2.44 bits per heavy atom. The molecular formula is C11H18N2O2S. The van der Waals surface area contributed by atoms with E-state index in [1.165, 1.54) is 6.26 Å². The third-order valence-electron chi connectivity index (χ3n) is 2.17. The van der Waals surface area contributed by atoms with E-state index in [0.29, 0.717) is 6.54 Å². The highest BCUT2D eigenvalue weighted by molar-refractivity contribution is 7.90. The second-order valence-electron chi connectivity index (χ2n) is 3.97. The second-order valence-corrected chi connectivity index (χ2v) is 6.23. The monoisotopic (exact) mass is 242 g/mol. The lowest BCUT2D eigenvalue weighted by Gasteiger charge is -2.18. The molecule has 0 amide bonds. The molecule has 5 heteroatoms. The van der Waals surface area contributed by atoms with E-state index in [2.05, 4.69) is 5.32 Å². The molecule has 90 valence electrons. The fourth-order valence-electron chi connectivity index (χ4n) is 1.38. The number of nitrogens with one attached hydrogen (secondary N) is 1. The molecular weight excluding hydrogens is 224 g/mol. The maximum Gasteiger partial charge on any atom is 0.149 e. The summed E-state index contributed by atoms with van der Waals surface area (Å²) in [4.78, 5) is 1.99. The molecule has 1 aromatic rings. The number of hydrogen-bond acceptors (Lipinski definition) is 4. The van der Waals surface area contributed by atoms with Gasteiger partial charge in [-0.05, 0) is 12.1 Å². The molecule has 1 aromatic carbocycles. The number of para-hydroxylation sites is 2. The number of sulfone groups is 1. The first kappa shape index (κ1) is 12.8. The number of anilines is 2. The Bertz CT molecular complexity index is 441. The lowest BCUT2D eigenvalue weighted by molar-refractivity contribution is 0.602. The van der Waals surface area contributed by atoms with Crippen LogP contribution < -0.4 is 10.2 Å². The molecule has 0 bridgehead atoms. The smallest absolute Gasteiger partial charge is 0.149 e. The minimum atomic E-state index is -2.90. The summed E-state index contributed by atoms with van der Waals surface area (Å²) in [6.45, 7) is 0.434. The quantitative estimate of drug-likeness (QED) is 0.843. The van der Waals surface area contributed by atoms with E-state index in [4.69, 9.17) is 0 Å². The normalized spacial score (nSPS) is 11.2. The summed E-state index contributed by atoms with van der Waals surface area (Å²) in [7, 11) is 1.01. The van der Waals surface area contributed by atoms with Gasteiger partial charge in [-0.3, -0.25) is 0 Å². The topological polar surface area (TPSA) is 49.4 Å². The fourth-order valence-corrected chi connectivity index (χ4v) is 1.86. The SMILES string of the molecule is CN(C)c1ccccc1NCCS(C)(=O)=O. The highest BCUT2D eigenvalue weighted by Crippen LogP contribution is 2.22. The Morgan fingerprint density at radius 1 is 1.25 bits per heavy atom. The van der Waals surface area contributed by atoms with Crippen molar-refractivity contribution in [2.45, 2.75) is 0 Å². The van der Waals surface area contributed by atoms with Crippen molar-refractivity contribution in [2.24, 2.45) is 0 Å². The zero-order valence-electron chi connectivity index (χ0n) is 9.90. The molecule has 0 radical (unpaired) electrons. The van der Waals surface area contributed by atoms with Gasteiger partial charge < -0.3 is 10.2 Å². The van der Waals surface area contributed by atoms with Gasteiger partial charge in [-0.2, -0.15) is 0 Å². The van der Waals surface area contributed by atoms with E-state index in [0.717, 1.165) is 11.4 Å². The summed E-state index contributed by atoms with van der Waals surface area (Å²) in [5.41, 5.74) is 2.01. The van der Waals surface area contributed by atoms with Crippen molar-refractivity contribution in [2.75, 3.05) is 42.9 Å². The summed E-state index contributed by atoms with van der Waals surface area (Å²) in [5, 5.41) is 3.13. The van der Waals surface area contributed by atoms with Gasteiger partial charge in [-0.25, -0.2) is 8.42 Å². The van der Waals surface area contributed by atoms with Crippen molar-refractivity contribution >= 4 is 21.2 Å². The van der Waals surface area contributed by atoms with E-state index in [1.54, 1.807) is 0 Å². The maximum atomic E-state index is 11.0. The van der Waals surface area contributed by atoms with Crippen LogP contribution in [0.1, 0.15) is 0 Å². The molecule has 16 heavy (non-hydrogen) atoms. The number of hydrogen-bond donors (Lipinski definition) is 1. The molecule has 0 saturated heterocycles. The van der Waals surface area contributed by atoms with Crippen LogP contribution in [0.2, 0.25) is 0 Å². The van der Waals surface area contributed by atoms with Crippen LogP contribution in [0.3, 0.4) is 0 Å². The molecule has 0 aliphatic carbocycles. The molecule has 0 aliphatic heterocycles. The average molecular weight is 242 g/mol. The Kier molecular flexibility index (Phi) is 4.18. The molecule has 0 heterocycles. The molecule has 0 atom stereocenters. The molecule has 0 aromatic heterocycles. The van der Waals surface area contributed by atoms with Gasteiger partial charge in [0.25, 0.3) is 0 Å². The third-order valence-corrected chi connectivity index (χ3v) is 3.12. The van der Waals surface area contributed by atoms with Crippen LogP contribution in [0.15, 0.2) is 24.3 Å². The van der Waals surface area contributed by atoms with E-state index in [9.17, 15) is 8.42 Å². The molecule has 1 N–H and O–H groups in total. The van der Waals surface area contributed by atoms with Crippen molar-refractivity contribution in [3.05, 3.63) is 24.3 Å². The van der Waals surface area contributed by atoms with Crippen molar-refractivity contribution in [3.63, 3.8) is 0 Å². The summed E-state index contributed by atoms with van der Waals surface area (Å²) in [5.74, 6) is 0.148. The molecule has 0 aliphatic rings. The Balaban J connectivity index is 2.67. The first-order chi connectivity index (χ1) is 7.40.